The molecule has 2 N–H and O–H groups in total. The molecule has 1 aliphatic carbocycles. The zero-order chi connectivity index (χ0) is 16.2. The molecule has 0 radical (unpaired) electrons. The standard InChI is InChI=1S/C15H19N5O2S/c1-22-13-4-2-3-11(17-13)9-12(21)16-7-8-20-14(10-5-6-10)18-19-15(20)23/h2-4,10H,5-9H2,1H3,(H,16,21)(H,19,23). The van der Waals surface area contributed by atoms with Crippen molar-refractivity contribution >= 4 is 18.1 Å². The van der Waals surface area contributed by atoms with E-state index in [2.05, 4.69) is 20.5 Å². The van der Waals surface area contributed by atoms with Crippen LogP contribution in [0.5, 0.6) is 5.88 Å². The van der Waals surface area contributed by atoms with Crippen LogP contribution in [0, 0.1) is 4.77 Å². The highest BCUT2D eigenvalue weighted by molar-refractivity contribution is 7.71. The Kier molecular flexibility index (Phi) is 4.71. The Labute approximate surface area is 139 Å². The number of rotatable bonds is 7. The van der Waals surface area contributed by atoms with E-state index in [1.54, 1.807) is 19.2 Å². The molecule has 1 amide bonds. The summed E-state index contributed by atoms with van der Waals surface area (Å²) in [4.78, 5) is 16.2. The molecule has 2 aromatic heterocycles. The molecule has 2 heterocycles. The third kappa shape index (κ3) is 3.95. The molecule has 0 atom stereocenters. The Hall–Kier alpha value is -2.22. The third-order valence-electron chi connectivity index (χ3n) is 3.72. The number of nitrogens with one attached hydrogen (secondary N) is 2. The molecule has 0 aromatic carbocycles. The zero-order valence-corrected chi connectivity index (χ0v) is 13.7. The van der Waals surface area contributed by atoms with Crippen LogP contribution in [-0.2, 0) is 17.8 Å². The zero-order valence-electron chi connectivity index (χ0n) is 12.9. The lowest BCUT2D eigenvalue weighted by Crippen LogP contribution is -2.29. The smallest absolute Gasteiger partial charge is 0.226 e. The number of amides is 1. The molecule has 1 aliphatic rings. The molecule has 0 bridgehead atoms. The molecule has 8 heteroatoms. The van der Waals surface area contributed by atoms with Crippen LogP contribution in [0.3, 0.4) is 0 Å². The van der Waals surface area contributed by atoms with E-state index in [-0.39, 0.29) is 12.3 Å². The molecule has 3 rings (SSSR count). The molecule has 1 fully saturated rings. The van der Waals surface area contributed by atoms with Crippen molar-refractivity contribution in [2.75, 3.05) is 13.7 Å². The highest BCUT2D eigenvalue weighted by atomic mass is 32.1. The minimum absolute atomic E-state index is 0.0752. The summed E-state index contributed by atoms with van der Waals surface area (Å²) in [5.74, 6) is 1.95. The number of hydrogen-bond donors (Lipinski definition) is 2. The van der Waals surface area contributed by atoms with Crippen molar-refractivity contribution in [3.8, 4) is 5.88 Å². The maximum absolute atomic E-state index is 12.0. The van der Waals surface area contributed by atoms with Crippen molar-refractivity contribution in [3.05, 3.63) is 34.5 Å². The van der Waals surface area contributed by atoms with E-state index in [9.17, 15) is 4.79 Å². The fourth-order valence-corrected chi connectivity index (χ4v) is 2.63. The largest absolute Gasteiger partial charge is 0.481 e. The summed E-state index contributed by atoms with van der Waals surface area (Å²) < 4.78 is 7.63. The van der Waals surface area contributed by atoms with Gasteiger partial charge in [0.25, 0.3) is 0 Å². The Balaban J connectivity index is 1.51. The third-order valence-corrected chi connectivity index (χ3v) is 4.03. The Bertz CT molecular complexity index is 750. The highest BCUT2D eigenvalue weighted by Gasteiger charge is 2.28. The first-order valence-corrected chi connectivity index (χ1v) is 8.00. The van der Waals surface area contributed by atoms with Gasteiger partial charge >= 0.3 is 0 Å². The summed E-state index contributed by atoms with van der Waals surface area (Å²) in [7, 11) is 1.55. The molecule has 0 saturated heterocycles. The maximum Gasteiger partial charge on any atom is 0.226 e. The summed E-state index contributed by atoms with van der Waals surface area (Å²) >= 11 is 5.24. The molecule has 1 saturated carbocycles. The van der Waals surface area contributed by atoms with Crippen LogP contribution in [-0.4, -0.2) is 39.3 Å². The summed E-state index contributed by atoms with van der Waals surface area (Å²) in [5, 5.41) is 9.99. The second-order valence-electron chi connectivity index (χ2n) is 5.51. The highest BCUT2D eigenvalue weighted by Crippen LogP contribution is 2.38. The molecule has 0 aliphatic heterocycles. The first kappa shape index (κ1) is 15.7. The molecule has 122 valence electrons. The lowest BCUT2D eigenvalue weighted by Gasteiger charge is -2.08. The van der Waals surface area contributed by atoms with Gasteiger partial charge in [-0.15, -0.1) is 0 Å². The number of aromatic amines is 1. The van der Waals surface area contributed by atoms with E-state index in [0.29, 0.717) is 35.4 Å². The topological polar surface area (TPSA) is 84.8 Å². The normalized spacial score (nSPS) is 13.8. The van der Waals surface area contributed by atoms with Gasteiger partial charge in [-0.3, -0.25) is 9.89 Å². The van der Waals surface area contributed by atoms with E-state index >= 15 is 0 Å². The number of ether oxygens (including phenoxy) is 1. The van der Waals surface area contributed by atoms with Crippen LogP contribution in [0.25, 0.3) is 0 Å². The maximum atomic E-state index is 12.0. The van der Waals surface area contributed by atoms with Crippen molar-refractivity contribution in [1.29, 1.82) is 0 Å². The molecule has 7 nitrogen and oxygen atoms in total. The van der Waals surface area contributed by atoms with Gasteiger partial charge in [-0.25, -0.2) is 4.98 Å². The summed E-state index contributed by atoms with van der Waals surface area (Å²) in [6.07, 6.45) is 2.55. The minimum Gasteiger partial charge on any atom is -0.481 e. The van der Waals surface area contributed by atoms with Gasteiger partial charge in [-0.05, 0) is 31.1 Å². The first-order chi connectivity index (χ1) is 11.2. The number of carbonyl (C=O) groups excluding carboxylic acids is 1. The lowest BCUT2D eigenvalue weighted by molar-refractivity contribution is -0.120. The Morgan fingerprint density at radius 3 is 3.09 bits per heavy atom. The van der Waals surface area contributed by atoms with Gasteiger partial charge in [0, 0.05) is 25.1 Å². The number of H-pyrrole nitrogens is 1. The van der Waals surface area contributed by atoms with Gasteiger partial charge in [-0.2, -0.15) is 5.10 Å². The number of pyridine rings is 1. The lowest BCUT2D eigenvalue weighted by atomic mass is 10.2. The fourth-order valence-electron chi connectivity index (χ4n) is 2.40. The average Bonchev–Trinajstić information content (AvgIpc) is 3.32. The second kappa shape index (κ2) is 6.91. The number of hydrogen-bond acceptors (Lipinski definition) is 5. The van der Waals surface area contributed by atoms with E-state index < -0.39 is 0 Å². The Morgan fingerprint density at radius 1 is 1.52 bits per heavy atom. The van der Waals surface area contributed by atoms with E-state index in [0.717, 1.165) is 18.7 Å². The molecule has 0 unspecified atom stereocenters. The molecule has 2 aromatic rings. The van der Waals surface area contributed by atoms with Gasteiger partial charge in [0.05, 0.1) is 19.2 Å². The Morgan fingerprint density at radius 2 is 2.35 bits per heavy atom. The number of carbonyl (C=O) groups is 1. The molecule has 0 spiro atoms. The van der Waals surface area contributed by atoms with Crippen LogP contribution >= 0.6 is 12.2 Å². The van der Waals surface area contributed by atoms with Crippen molar-refractivity contribution in [1.82, 2.24) is 25.1 Å². The van der Waals surface area contributed by atoms with E-state index in [1.165, 1.54) is 0 Å². The van der Waals surface area contributed by atoms with E-state index in [1.807, 2.05) is 10.6 Å². The quantitative estimate of drug-likeness (QED) is 0.752. The number of nitrogens with zero attached hydrogens (tertiary/aromatic N) is 3. The van der Waals surface area contributed by atoms with Crippen LogP contribution < -0.4 is 10.1 Å². The van der Waals surface area contributed by atoms with Crippen molar-refractivity contribution in [2.45, 2.75) is 31.7 Å². The predicted octanol–water partition coefficient (Wildman–Crippen LogP) is 1.58. The molecular formula is C15H19N5O2S. The van der Waals surface area contributed by atoms with Crippen molar-refractivity contribution in [3.63, 3.8) is 0 Å². The fraction of sp³-hybridized carbons (Fsp3) is 0.467. The van der Waals surface area contributed by atoms with Crippen LogP contribution in [0.15, 0.2) is 18.2 Å². The minimum atomic E-state index is -0.0752. The van der Waals surface area contributed by atoms with Crippen molar-refractivity contribution in [2.24, 2.45) is 0 Å². The monoisotopic (exact) mass is 333 g/mol. The van der Waals surface area contributed by atoms with Crippen LogP contribution in [0.2, 0.25) is 0 Å². The number of methoxy groups -OCH3 is 1. The van der Waals surface area contributed by atoms with Crippen LogP contribution in [0.4, 0.5) is 0 Å². The summed E-state index contributed by atoms with van der Waals surface area (Å²) in [5.41, 5.74) is 0.681. The molecular weight excluding hydrogens is 314 g/mol. The second-order valence-corrected chi connectivity index (χ2v) is 5.90. The van der Waals surface area contributed by atoms with Crippen LogP contribution in [0.1, 0.15) is 30.3 Å². The van der Waals surface area contributed by atoms with Gasteiger partial charge in [-0.1, -0.05) is 6.07 Å². The first-order valence-electron chi connectivity index (χ1n) is 7.59. The molecule has 23 heavy (non-hydrogen) atoms. The van der Waals surface area contributed by atoms with Gasteiger partial charge in [0.2, 0.25) is 11.8 Å². The van der Waals surface area contributed by atoms with Gasteiger partial charge in [0.1, 0.15) is 5.82 Å². The SMILES string of the molecule is COc1cccc(CC(=O)NCCn2c(C3CC3)n[nH]c2=S)n1. The summed E-state index contributed by atoms with van der Waals surface area (Å²) in [6.45, 7) is 1.13. The van der Waals surface area contributed by atoms with Crippen molar-refractivity contribution < 1.29 is 9.53 Å². The predicted molar refractivity (Wildman–Crippen MR) is 86.9 cm³/mol. The summed E-state index contributed by atoms with van der Waals surface area (Å²) in [6, 6.07) is 5.38. The average molecular weight is 333 g/mol. The van der Waals surface area contributed by atoms with Gasteiger partial charge < -0.3 is 14.6 Å². The number of aromatic nitrogens is 4. The van der Waals surface area contributed by atoms with Gasteiger partial charge in [0.15, 0.2) is 4.77 Å². The van der Waals surface area contributed by atoms with E-state index in [4.69, 9.17) is 17.0 Å².